The summed E-state index contributed by atoms with van der Waals surface area (Å²) in [6.45, 7) is 4.25. The Balaban J connectivity index is 1.60. The van der Waals surface area contributed by atoms with Gasteiger partial charge in [0.1, 0.15) is 17.3 Å². The number of benzene rings is 3. The van der Waals surface area contributed by atoms with E-state index >= 15 is 0 Å². The number of carbonyl (C=O) groups excluding carboxylic acids is 1. The predicted molar refractivity (Wildman–Crippen MR) is 151 cm³/mol. The second kappa shape index (κ2) is 11.7. The van der Waals surface area contributed by atoms with Gasteiger partial charge in [0, 0.05) is 36.4 Å². The zero-order valence-corrected chi connectivity index (χ0v) is 23.3. The molecule has 0 bridgehead atoms. The molecule has 211 valence electrons. The van der Waals surface area contributed by atoms with Crippen LogP contribution in [0.1, 0.15) is 51.7 Å². The van der Waals surface area contributed by atoms with Crippen LogP contribution >= 0.6 is 0 Å². The maximum Gasteiger partial charge on any atom is 0.214 e. The molecule has 0 spiro atoms. The molecule has 3 aromatic rings. The smallest absolute Gasteiger partial charge is 0.214 e. The summed E-state index contributed by atoms with van der Waals surface area (Å²) in [7, 11) is -3.76. The van der Waals surface area contributed by atoms with Gasteiger partial charge in [-0.1, -0.05) is 36.4 Å². The summed E-state index contributed by atoms with van der Waals surface area (Å²) in [5.41, 5.74) is 1.68. The van der Waals surface area contributed by atoms with Gasteiger partial charge in [0.25, 0.3) is 0 Å². The summed E-state index contributed by atoms with van der Waals surface area (Å²) in [4.78, 5) is 16.3. The zero-order chi connectivity index (χ0) is 28.4. The molecule has 0 aromatic heterocycles. The lowest BCUT2D eigenvalue weighted by Crippen LogP contribution is -2.50. The number of likely N-dealkylation sites (tertiary alicyclic amines) is 1. The third-order valence-corrected chi connectivity index (χ3v) is 10.2. The fourth-order valence-electron chi connectivity index (χ4n) is 6.03. The van der Waals surface area contributed by atoms with E-state index in [2.05, 4.69) is 11.0 Å². The number of ketones is 1. The SMILES string of the molecule is Cc1c(F)cccc1C1C(C(=O)c2cccc(O)c2)CN(S(=O)(=O)CCCN2CCC2)CC1c1cc[c]cc1O. The van der Waals surface area contributed by atoms with E-state index in [0.29, 0.717) is 29.7 Å². The molecule has 9 heteroatoms. The monoisotopic (exact) mass is 565 g/mol. The largest absolute Gasteiger partial charge is 0.508 e. The van der Waals surface area contributed by atoms with Crippen LogP contribution in [-0.4, -0.2) is 72.1 Å². The molecule has 2 aliphatic rings. The Bertz CT molecular complexity index is 1490. The quantitative estimate of drug-likeness (QED) is 0.372. The lowest BCUT2D eigenvalue weighted by molar-refractivity contribution is 0.0824. The highest BCUT2D eigenvalue weighted by atomic mass is 32.2. The van der Waals surface area contributed by atoms with Gasteiger partial charge in [0.2, 0.25) is 10.0 Å². The fraction of sp³-hybridized carbons (Fsp3) is 0.387. The molecule has 7 nitrogen and oxygen atoms in total. The maximum absolute atomic E-state index is 14.9. The molecule has 2 aliphatic heterocycles. The molecule has 5 rings (SSSR count). The molecule has 2 N–H and O–H groups in total. The molecule has 0 aliphatic carbocycles. The summed E-state index contributed by atoms with van der Waals surface area (Å²) in [6, 6.07) is 18.2. The average Bonchev–Trinajstić information content (AvgIpc) is 2.91. The Labute approximate surface area is 234 Å². The fourth-order valence-corrected chi connectivity index (χ4v) is 7.56. The number of phenolic OH excluding ortho intramolecular Hbond substituents is 2. The van der Waals surface area contributed by atoms with Crippen LogP contribution in [-0.2, 0) is 10.0 Å². The Morgan fingerprint density at radius 1 is 1.07 bits per heavy atom. The minimum atomic E-state index is -3.76. The maximum atomic E-state index is 14.9. The van der Waals surface area contributed by atoms with Crippen LogP contribution in [0.25, 0.3) is 0 Å². The summed E-state index contributed by atoms with van der Waals surface area (Å²) in [5.74, 6) is -3.14. The highest BCUT2D eigenvalue weighted by molar-refractivity contribution is 7.89. The number of hydrogen-bond donors (Lipinski definition) is 2. The van der Waals surface area contributed by atoms with Crippen LogP contribution in [0.15, 0.2) is 60.7 Å². The number of phenols is 2. The van der Waals surface area contributed by atoms with Crippen LogP contribution in [0.4, 0.5) is 4.39 Å². The first-order valence-electron chi connectivity index (χ1n) is 13.6. The number of piperidine rings is 1. The summed E-state index contributed by atoms with van der Waals surface area (Å²) >= 11 is 0. The molecule has 2 saturated heterocycles. The highest BCUT2D eigenvalue weighted by Gasteiger charge is 2.46. The normalized spacial score (nSPS) is 22.1. The number of Topliss-reactive ketones (excluding diaryl/α,β-unsaturated/α-hetero) is 1. The lowest BCUT2D eigenvalue weighted by atomic mass is 9.68. The minimum absolute atomic E-state index is 0.0358. The Morgan fingerprint density at radius 2 is 1.85 bits per heavy atom. The Kier molecular flexibility index (Phi) is 8.26. The standard InChI is InChI=1S/C31H34FN2O5S/c1-21-24(11-5-12-28(21)32)30-26(25-10-2-3-13-29(25)36)19-34(40(38,39)17-7-16-33-14-6-15-33)20-27(30)31(37)22-8-4-9-23(35)18-22/h2,4-5,8-13,18,26-27,30,35-36H,6-7,14-17,19-20H2,1H3. The van der Waals surface area contributed by atoms with Gasteiger partial charge in [0.15, 0.2) is 5.78 Å². The van der Waals surface area contributed by atoms with Crippen LogP contribution in [0.2, 0.25) is 0 Å². The molecule has 0 saturated carbocycles. The van der Waals surface area contributed by atoms with Gasteiger partial charge in [-0.3, -0.25) is 4.79 Å². The second-order valence-corrected chi connectivity index (χ2v) is 12.9. The van der Waals surface area contributed by atoms with E-state index in [1.165, 1.54) is 28.6 Å². The van der Waals surface area contributed by atoms with Crippen molar-refractivity contribution < 1.29 is 27.8 Å². The number of sulfonamides is 1. The van der Waals surface area contributed by atoms with E-state index in [4.69, 9.17) is 0 Å². The van der Waals surface area contributed by atoms with Gasteiger partial charge in [-0.2, -0.15) is 0 Å². The minimum Gasteiger partial charge on any atom is -0.508 e. The molecule has 40 heavy (non-hydrogen) atoms. The van der Waals surface area contributed by atoms with Gasteiger partial charge in [-0.05, 0) is 86.4 Å². The first-order valence-corrected chi connectivity index (χ1v) is 15.2. The lowest BCUT2D eigenvalue weighted by Gasteiger charge is -2.44. The van der Waals surface area contributed by atoms with Crippen LogP contribution in [0.3, 0.4) is 0 Å². The summed E-state index contributed by atoms with van der Waals surface area (Å²) < 4.78 is 43.6. The Hall–Kier alpha value is -3.27. The molecular formula is C31H34FN2O5S. The number of hydrogen-bond acceptors (Lipinski definition) is 6. The van der Waals surface area contributed by atoms with Gasteiger partial charge in [0.05, 0.1) is 5.75 Å². The van der Waals surface area contributed by atoms with E-state index in [-0.39, 0.29) is 41.7 Å². The van der Waals surface area contributed by atoms with Gasteiger partial charge in [-0.15, -0.1) is 0 Å². The van der Waals surface area contributed by atoms with Crippen molar-refractivity contribution in [2.45, 2.75) is 31.6 Å². The molecule has 2 heterocycles. The average molecular weight is 566 g/mol. The van der Waals surface area contributed by atoms with Crippen molar-refractivity contribution in [3.8, 4) is 11.5 Å². The highest BCUT2D eigenvalue weighted by Crippen LogP contribution is 2.48. The van der Waals surface area contributed by atoms with E-state index in [9.17, 15) is 27.8 Å². The molecule has 3 atom stereocenters. The van der Waals surface area contributed by atoms with E-state index in [1.54, 1.807) is 43.3 Å². The molecular weight excluding hydrogens is 531 g/mol. The van der Waals surface area contributed by atoms with Crippen LogP contribution in [0.5, 0.6) is 11.5 Å². The van der Waals surface area contributed by atoms with Gasteiger partial charge < -0.3 is 15.1 Å². The number of aromatic hydroxyl groups is 2. The van der Waals surface area contributed by atoms with Crippen LogP contribution in [0, 0.1) is 24.7 Å². The first-order chi connectivity index (χ1) is 19.2. The molecule has 1 radical (unpaired) electrons. The second-order valence-electron chi connectivity index (χ2n) is 10.8. The molecule has 3 aromatic carbocycles. The van der Waals surface area contributed by atoms with Gasteiger partial charge in [-0.25, -0.2) is 17.1 Å². The third kappa shape index (κ3) is 5.77. The summed E-state index contributed by atoms with van der Waals surface area (Å²) in [6.07, 6.45) is 1.60. The van der Waals surface area contributed by atoms with Gasteiger partial charge >= 0.3 is 0 Å². The van der Waals surface area contributed by atoms with Crippen molar-refractivity contribution in [2.75, 3.05) is 38.5 Å². The zero-order valence-electron chi connectivity index (χ0n) is 22.5. The predicted octanol–water partition coefficient (Wildman–Crippen LogP) is 4.45. The van der Waals surface area contributed by atoms with Crippen molar-refractivity contribution in [1.29, 1.82) is 0 Å². The molecule has 2 fully saturated rings. The van der Waals surface area contributed by atoms with Crippen molar-refractivity contribution in [3.63, 3.8) is 0 Å². The van der Waals surface area contributed by atoms with Crippen molar-refractivity contribution >= 4 is 15.8 Å². The first kappa shape index (κ1) is 28.3. The van der Waals surface area contributed by atoms with E-state index in [0.717, 1.165) is 19.5 Å². The van der Waals surface area contributed by atoms with E-state index < -0.39 is 33.6 Å². The van der Waals surface area contributed by atoms with E-state index in [1.807, 2.05) is 0 Å². The molecule has 3 unspecified atom stereocenters. The third-order valence-electron chi connectivity index (χ3n) is 8.30. The van der Waals surface area contributed by atoms with Crippen molar-refractivity contribution in [2.24, 2.45) is 5.92 Å². The number of rotatable bonds is 9. The number of nitrogens with zero attached hydrogens (tertiary/aromatic N) is 2. The summed E-state index contributed by atoms with van der Waals surface area (Å²) in [5, 5.41) is 20.9. The Morgan fingerprint density at radius 3 is 2.55 bits per heavy atom. The molecule has 0 amide bonds. The van der Waals surface area contributed by atoms with Crippen LogP contribution < -0.4 is 0 Å². The topological polar surface area (TPSA) is 98.2 Å². The van der Waals surface area contributed by atoms with Crippen molar-refractivity contribution in [1.82, 2.24) is 9.21 Å². The number of carbonyl (C=O) groups is 1. The number of halogens is 1. The van der Waals surface area contributed by atoms with Crippen molar-refractivity contribution in [3.05, 3.63) is 94.8 Å².